The molecule has 226 valence electrons. The lowest BCUT2D eigenvalue weighted by atomic mass is 10.0. The number of hydrogen-bond donors (Lipinski definition) is 3. The zero-order valence-electron chi connectivity index (χ0n) is 24.5. The largest absolute Gasteiger partial charge is 0.507 e. The van der Waals surface area contributed by atoms with E-state index in [1.807, 2.05) is 12.1 Å². The Labute approximate surface area is 253 Å². The van der Waals surface area contributed by atoms with E-state index in [9.17, 15) is 19.1 Å². The van der Waals surface area contributed by atoms with Gasteiger partial charge in [0.05, 0.1) is 11.3 Å². The highest BCUT2D eigenvalue weighted by Crippen LogP contribution is 2.19. The van der Waals surface area contributed by atoms with E-state index in [1.54, 1.807) is 30.4 Å². The van der Waals surface area contributed by atoms with Crippen LogP contribution in [0.5, 0.6) is 5.75 Å². The number of benzene rings is 2. The van der Waals surface area contributed by atoms with Crippen LogP contribution in [0.2, 0.25) is 0 Å². The minimum atomic E-state index is -0.576. The third kappa shape index (κ3) is 10.6. The third-order valence-electron chi connectivity index (χ3n) is 7.12. The lowest BCUT2D eigenvalue weighted by Gasteiger charge is -2.31. The van der Waals surface area contributed by atoms with Crippen LogP contribution in [-0.2, 0) is 17.6 Å². The topological polar surface area (TPSA) is 90.9 Å². The normalized spacial score (nSPS) is 14.2. The predicted octanol–water partition coefficient (Wildman–Crippen LogP) is 6.16. The molecule has 3 rings (SSSR count). The van der Waals surface area contributed by atoms with Gasteiger partial charge >= 0.3 is 6.09 Å². The van der Waals surface area contributed by atoms with Crippen LogP contribution in [0.3, 0.4) is 0 Å². The molecule has 0 aliphatic carbocycles. The average molecular weight is 586 g/mol. The number of hydrogen-bond acceptors (Lipinski definition) is 5. The number of carbonyl (C=O) groups excluding carboxylic acids is 2. The summed E-state index contributed by atoms with van der Waals surface area (Å²) in [5.41, 5.74) is 3.88. The highest BCUT2D eigenvalue weighted by molar-refractivity contribution is 5.96. The van der Waals surface area contributed by atoms with Gasteiger partial charge in [0.15, 0.2) is 0 Å². The minimum Gasteiger partial charge on any atom is -0.507 e. The summed E-state index contributed by atoms with van der Waals surface area (Å²) in [6.45, 7) is 18.3. The van der Waals surface area contributed by atoms with Gasteiger partial charge in [-0.25, -0.2) is 9.18 Å². The lowest BCUT2D eigenvalue weighted by molar-refractivity contribution is 0.0527. The van der Waals surface area contributed by atoms with E-state index < -0.39 is 17.8 Å². The smallest absolute Gasteiger partial charge is 0.411 e. The summed E-state index contributed by atoms with van der Waals surface area (Å²) in [4.78, 5) is 27.2. The SMILES string of the molecule is C=C/C=C\C(=C)C(=C)/C(=C\C=C)NC(=O)OC1CCN(CCc2ccc(CCNC(=O)c3cc(F)ccc3O)cc2)CC1. The Morgan fingerprint density at radius 3 is 2.35 bits per heavy atom. The predicted molar refractivity (Wildman–Crippen MR) is 169 cm³/mol. The first-order chi connectivity index (χ1) is 20.7. The van der Waals surface area contributed by atoms with Gasteiger partial charge in [-0.2, -0.15) is 0 Å². The maximum absolute atomic E-state index is 13.4. The van der Waals surface area contributed by atoms with Gasteiger partial charge in [-0.15, -0.1) is 0 Å². The highest BCUT2D eigenvalue weighted by Gasteiger charge is 2.23. The second kappa shape index (κ2) is 16.7. The molecular formula is C35H40FN3O4. The Morgan fingerprint density at radius 2 is 1.70 bits per heavy atom. The first-order valence-corrected chi connectivity index (χ1v) is 14.2. The van der Waals surface area contributed by atoms with Crippen LogP contribution in [-0.4, -0.2) is 54.3 Å². The number of halogens is 1. The Balaban J connectivity index is 1.36. The summed E-state index contributed by atoms with van der Waals surface area (Å²) in [5, 5.41) is 15.3. The number of ether oxygens (including phenoxy) is 1. The van der Waals surface area contributed by atoms with Crippen LogP contribution < -0.4 is 10.6 Å². The molecule has 2 aromatic rings. The van der Waals surface area contributed by atoms with Crippen LogP contribution in [0.15, 0.2) is 116 Å². The van der Waals surface area contributed by atoms with Gasteiger partial charge in [0.2, 0.25) is 0 Å². The van der Waals surface area contributed by atoms with Gasteiger partial charge in [0.25, 0.3) is 5.91 Å². The van der Waals surface area contributed by atoms with Crippen molar-refractivity contribution >= 4 is 12.0 Å². The van der Waals surface area contributed by atoms with Gasteiger partial charge in [-0.1, -0.05) is 74.9 Å². The van der Waals surface area contributed by atoms with Crippen molar-refractivity contribution in [3.05, 3.63) is 139 Å². The number of rotatable bonds is 14. The summed E-state index contributed by atoms with van der Waals surface area (Å²) in [6, 6.07) is 11.5. The number of aromatic hydroxyl groups is 1. The highest BCUT2D eigenvalue weighted by atomic mass is 19.1. The van der Waals surface area contributed by atoms with E-state index >= 15 is 0 Å². The van der Waals surface area contributed by atoms with Crippen LogP contribution in [0, 0.1) is 5.82 Å². The number of nitrogens with one attached hydrogen (secondary N) is 2. The lowest BCUT2D eigenvalue weighted by Crippen LogP contribution is -2.40. The maximum atomic E-state index is 13.4. The second-order valence-corrected chi connectivity index (χ2v) is 10.2. The van der Waals surface area contributed by atoms with Gasteiger partial charge in [0.1, 0.15) is 17.7 Å². The number of likely N-dealkylation sites (tertiary alicyclic amines) is 1. The number of phenolic OH excluding ortho intramolecular Hbond substituents is 1. The van der Waals surface area contributed by atoms with E-state index in [4.69, 9.17) is 4.74 Å². The fourth-order valence-corrected chi connectivity index (χ4v) is 4.60. The number of piperidine rings is 1. The zero-order valence-corrected chi connectivity index (χ0v) is 24.5. The molecule has 1 saturated heterocycles. The van der Waals surface area contributed by atoms with Crippen molar-refractivity contribution in [1.29, 1.82) is 0 Å². The molecule has 43 heavy (non-hydrogen) atoms. The maximum Gasteiger partial charge on any atom is 0.411 e. The van der Waals surface area contributed by atoms with Crippen molar-refractivity contribution in [1.82, 2.24) is 15.5 Å². The first-order valence-electron chi connectivity index (χ1n) is 14.2. The molecule has 1 fully saturated rings. The van der Waals surface area contributed by atoms with E-state index in [0.717, 1.165) is 56.6 Å². The first kappa shape index (κ1) is 32.8. The summed E-state index contributed by atoms with van der Waals surface area (Å²) >= 11 is 0. The molecule has 1 aliphatic rings. The van der Waals surface area contributed by atoms with Crippen molar-refractivity contribution in [3.8, 4) is 5.75 Å². The quantitative estimate of drug-likeness (QED) is 0.231. The van der Waals surface area contributed by atoms with Crippen LogP contribution in [0.4, 0.5) is 9.18 Å². The summed E-state index contributed by atoms with van der Waals surface area (Å²) < 4.78 is 19.1. The molecule has 3 N–H and O–H groups in total. The molecule has 8 heteroatoms. The van der Waals surface area contributed by atoms with Crippen molar-refractivity contribution in [2.24, 2.45) is 0 Å². The minimum absolute atomic E-state index is 0.0784. The fourth-order valence-electron chi connectivity index (χ4n) is 4.60. The molecule has 0 atom stereocenters. The standard InChI is InChI=1S/C35H40FN3O4/c1-5-7-9-25(3)26(4)32(8-6-2)38-35(42)43-30-18-22-39(23-19-30)21-17-28-12-10-27(11-13-28)16-20-37-34(41)31-24-29(36)14-15-33(31)40/h5-15,24,30,40H,1-4,16-23H2,(H,37,41)(H,38,42)/b9-7-,32-8+. The molecule has 2 amide bonds. The molecule has 0 saturated carbocycles. The van der Waals surface area contributed by atoms with Crippen molar-refractivity contribution in [2.75, 3.05) is 26.2 Å². The Kier molecular flexibility index (Phi) is 12.7. The molecule has 0 unspecified atom stereocenters. The monoisotopic (exact) mass is 585 g/mol. The fraction of sp³-hybridized carbons (Fsp3) is 0.257. The van der Waals surface area contributed by atoms with Crippen molar-refractivity contribution in [3.63, 3.8) is 0 Å². The van der Waals surface area contributed by atoms with E-state index in [-0.39, 0.29) is 17.4 Å². The number of alkyl carbamates (subject to hydrolysis) is 1. The number of nitrogens with zero attached hydrogens (tertiary/aromatic N) is 1. The Hall–Kier alpha value is -4.69. The van der Waals surface area contributed by atoms with Crippen molar-refractivity contribution < 1.29 is 23.8 Å². The second-order valence-electron chi connectivity index (χ2n) is 10.2. The van der Waals surface area contributed by atoms with E-state index in [1.165, 1.54) is 11.6 Å². The molecule has 0 aromatic heterocycles. The molecular weight excluding hydrogens is 545 g/mol. The molecule has 0 spiro atoms. The molecule has 1 aliphatic heterocycles. The summed E-state index contributed by atoms with van der Waals surface area (Å²) in [7, 11) is 0. The summed E-state index contributed by atoms with van der Waals surface area (Å²) in [5.74, 6) is -1.34. The number of carbonyl (C=O) groups is 2. The third-order valence-corrected chi connectivity index (χ3v) is 7.12. The average Bonchev–Trinajstić information content (AvgIpc) is 3.00. The van der Waals surface area contributed by atoms with Crippen LogP contribution in [0.25, 0.3) is 0 Å². The van der Waals surface area contributed by atoms with Gasteiger partial charge in [-0.05, 0) is 72.2 Å². The molecule has 7 nitrogen and oxygen atoms in total. The van der Waals surface area contributed by atoms with Crippen LogP contribution >= 0.6 is 0 Å². The number of amides is 2. The van der Waals surface area contributed by atoms with E-state index in [0.29, 0.717) is 29.8 Å². The Morgan fingerprint density at radius 1 is 1.02 bits per heavy atom. The van der Waals surface area contributed by atoms with Crippen molar-refractivity contribution in [2.45, 2.75) is 31.8 Å². The van der Waals surface area contributed by atoms with E-state index in [2.05, 4.69) is 54.0 Å². The van der Waals surface area contributed by atoms with Gasteiger partial charge in [0, 0.05) is 26.2 Å². The summed E-state index contributed by atoms with van der Waals surface area (Å²) in [6.07, 6.45) is 10.7. The van der Waals surface area contributed by atoms with Gasteiger partial charge < -0.3 is 20.1 Å². The number of allylic oxidation sites excluding steroid dienone is 6. The molecule has 0 radical (unpaired) electrons. The number of phenols is 1. The molecule has 0 bridgehead atoms. The van der Waals surface area contributed by atoms with Crippen LogP contribution in [0.1, 0.15) is 34.3 Å². The Bertz CT molecular complexity index is 1390. The molecule has 1 heterocycles. The molecule has 2 aromatic carbocycles. The zero-order chi connectivity index (χ0) is 31.2. The van der Waals surface area contributed by atoms with Gasteiger partial charge in [-0.3, -0.25) is 10.1 Å².